The first-order chi connectivity index (χ1) is 10.5. The minimum Gasteiger partial charge on any atom is -0.207 e. The monoisotopic (exact) mass is 335 g/mol. The van der Waals surface area contributed by atoms with Crippen molar-refractivity contribution in [2.24, 2.45) is 0 Å². The van der Waals surface area contributed by atoms with Crippen LogP contribution in [0, 0.1) is 6.92 Å². The summed E-state index contributed by atoms with van der Waals surface area (Å²) in [6.45, 7) is 2.58. The van der Waals surface area contributed by atoms with Crippen LogP contribution in [0.2, 0.25) is 5.02 Å². The molecule has 1 atom stereocenters. The normalized spacial score (nSPS) is 19.5. The summed E-state index contributed by atoms with van der Waals surface area (Å²) < 4.78 is 27.4. The minimum atomic E-state index is -3.52. The number of hydrogen-bond acceptors (Lipinski definition) is 2. The molecule has 3 rings (SSSR count). The molecule has 0 radical (unpaired) electrons. The third-order valence-corrected chi connectivity index (χ3v) is 6.21. The summed E-state index contributed by atoms with van der Waals surface area (Å²) in [7, 11) is -3.52. The Hall–Kier alpha value is -1.36. The molecule has 0 aliphatic carbocycles. The van der Waals surface area contributed by atoms with Gasteiger partial charge in [0.2, 0.25) is 10.0 Å². The van der Waals surface area contributed by atoms with E-state index >= 15 is 0 Å². The third-order valence-electron chi connectivity index (χ3n) is 4.07. The standard InChI is InChI=1S/C17H18ClNO2S/c1-13-7-9-14(10-8-13)17-6-3-11-19(17)22(20,21)16-5-2-4-15(18)12-16/h2,4-5,7-10,12,17H,3,6,11H2,1H3/t17-/m1/s1. The first kappa shape index (κ1) is 15.5. The fourth-order valence-corrected chi connectivity index (χ4v) is 4.90. The van der Waals surface area contributed by atoms with Gasteiger partial charge in [0.15, 0.2) is 0 Å². The van der Waals surface area contributed by atoms with E-state index in [0.717, 1.165) is 18.4 Å². The number of nitrogens with zero attached hydrogens (tertiary/aromatic N) is 1. The van der Waals surface area contributed by atoms with E-state index in [-0.39, 0.29) is 10.9 Å². The van der Waals surface area contributed by atoms with E-state index in [1.165, 1.54) is 11.6 Å². The van der Waals surface area contributed by atoms with Crippen LogP contribution in [0.3, 0.4) is 0 Å². The number of hydrogen-bond donors (Lipinski definition) is 0. The lowest BCUT2D eigenvalue weighted by molar-refractivity contribution is 0.396. The van der Waals surface area contributed by atoms with Crippen LogP contribution >= 0.6 is 11.6 Å². The average molecular weight is 336 g/mol. The van der Waals surface area contributed by atoms with Gasteiger partial charge in [-0.05, 0) is 43.5 Å². The zero-order valence-electron chi connectivity index (χ0n) is 12.4. The summed E-state index contributed by atoms with van der Waals surface area (Å²) in [5, 5.41) is 0.437. The highest BCUT2D eigenvalue weighted by Crippen LogP contribution is 2.36. The molecule has 0 spiro atoms. The van der Waals surface area contributed by atoms with Crippen molar-refractivity contribution in [3.8, 4) is 0 Å². The molecule has 1 aliphatic rings. The van der Waals surface area contributed by atoms with Gasteiger partial charge in [-0.2, -0.15) is 4.31 Å². The maximum absolute atomic E-state index is 12.9. The van der Waals surface area contributed by atoms with Crippen LogP contribution in [-0.2, 0) is 10.0 Å². The number of rotatable bonds is 3. The molecule has 1 aliphatic heterocycles. The summed E-state index contributed by atoms with van der Waals surface area (Å²) in [5.41, 5.74) is 2.22. The van der Waals surface area contributed by atoms with Crippen LogP contribution in [0.25, 0.3) is 0 Å². The molecule has 1 saturated heterocycles. The van der Waals surface area contributed by atoms with Gasteiger partial charge in [0.05, 0.1) is 10.9 Å². The van der Waals surface area contributed by atoms with Gasteiger partial charge in [0.25, 0.3) is 0 Å². The van der Waals surface area contributed by atoms with Crippen molar-refractivity contribution < 1.29 is 8.42 Å². The van der Waals surface area contributed by atoms with Gasteiger partial charge in [-0.1, -0.05) is 47.5 Å². The highest BCUT2D eigenvalue weighted by molar-refractivity contribution is 7.89. The number of aryl methyl sites for hydroxylation is 1. The van der Waals surface area contributed by atoms with Gasteiger partial charge in [0, 0.05) is 11.6 Å². The van der Waals surface area contributed by atoms with Crippen molar-refractivity contribution in [3.63, 3.8) is 0 Å². The van der Waals surface area contributed by atoms with Gasteiger partial charge in [-0.15, -0.1) is 0 Å². The second kappa shape index (κ2) is 6.03. The Kier molecular flexibility index (Phi) is 4.26. The van der Waals surface area contributed by atoms with Gasteiger partial charge < -0.3 is 0 Å². The van der Waals surface area contributed by atoms with Crippen LogP contribution in [-0.4, -0.2) is 19.3 Å². The van der Waals surface area contributed by atoms with Crippen LogP contribution in [0.4, 0.5) is 0 Å². The van der Waals surface area contributed by atoms with Crippen LogP contribution in [0.5, 0.6) is 0 Å². The van der Waals surface area contributed by atoms with E-state index in [4.69, 9.17) is 11.6 Å². The van der Waals surface area contributed by atoms with Crippen molar-refractivity contribution in [1.29, 1.82) is 0 Å². The van der Waals surface area contributed by atoms with Crippen LogP contribution in [0.1, 0.15) is 30.0 Å². The van der Waals surface area contributed by atoms with E-state index in [0.29, 0.717) is 11.6 Å². The molecule has 3 nitrogen and oxygen atoms in total. The summed E-state index contributed by atoms with van der Waals surface area (Å²) >= 11 is 5.95. The Morgan fingerprint density at radius 1 is 1.14 bits per heavy atom. The minimum absolute atomic E-state index is 0.0930. The lowest BCUT2D eigenvalue weighted by Gasteiger charge is -2.24. The molecule has 5 heteroatoms. The Bertz CT molecular complexity index is 772. The number of sulfonamides is 1. The Morgan fingerprint density at radius 3 is 2.55 bits per heavy atom. The fourth-order valence-electron chi connectivity index (χ4n) is 2.91. The molecule has 0 bridgehead atoms. The predicted octanol–water partition coefficient (Wildman–Crippen LogP) is 4.17. The Labute approximate surface area is 136 Å². The quantitative estimate of drug-likeness (QED) is 0.844. The van der Waals surface area contributed by atoms with Crippen molar-refractivity contribution in [3.05, 3.63) is 64.7 Å². The molecule has 22 heavy (non-hydrogen) atoms. The second-order valence-electron chi connectivity index (χ2n) is 5.64. The fraction of sp³-hybridized carbons (Fsp3) is 0.294. The highest BCUT2D eigenvalue weighted by Gasteiger charge is 2.36. The van der Waals surface area contributed by atoms with Crippen molar-refractivity contribution in [1.82, 2.24) is 4.31 Å². The Morgan fingerprint density at radius 2 is 1.86 bits per heavy atom. The molecule has 0 aromatic heterocycles. The molecule has 0 N–H and O–H groups in total. The highest BCUT2D eigenvalue weighted by atomic mass is 35.5. The van der Waals surface area contributed by atoms with Gasteiger partial charge in [-0.25, -0.2) is 8.42 Å². The van der Waals surface area contributed by atoms with E-state index in [2.05, 4.69) is 0 Å². The van der Waals surface area contributed by atoms with Crippen molar-refractivity contribution in [2.45, 2.75) is 30.7 Å². The second-order valence-corrected chi connectivity index (χ2v) is 7.97. The molecule has 0 saturated carbocycles. The molecule has 116 valence electrons. The van der Waals surface area contributed by atoms with E-state index in [1.54, 1.807) is 22.5 Å². The lowest BCUT2D eigenvalue weighted by atomic mass is 10.0. The molecule has 0 amide bonds. The molecule has 1 fully saturated rings. The molecule has 0 unspecified atom stereocenters. The van der Waals surface area contributed by atoms with Crippen LogP contribution < -0.4 is 0 Å². The van der Waals surface area contributed by atoms with Gasteiger partial charge >= 0.3 is 0 Å². The topological polar surface area (TPSA) is 37.4 Å². The Balaban J connectivity index is 1.97. The summed E-state index contributed by atoms with van der Waals surface area (Å²) in [6, 6.07) is 14.5. The molecular formula is C17H18ClNO2S. The van der Waals surface area contributed by atoms with E-state index in [1.807, 2.05) is 31.2 Å². The zero-order chi connectivity index (χ0) is 15.7. The predicted molar refractivity (Wildman–Crippen MR) is 88.5 cm³/mol. The summed E-state index contributed by atoms with van der Waals surface area (Å²) in [4.78, 5) is 0.263. The summed E-state index contributed by atoms with van der Waals surface area (Å²) in [5.74, 6) is 0. The molecule has 2 aromatic carbocycles. The number of benzene rings is 2. The van der Waals surface area contributed by atoms with Crippen molar-refractivity contribution >= 4 is 21.6 Å². The first-order valence-corrected chi connectivity index (χ1v) is 9.14. The maximum atomic E-state index is 12.9. The molecule has 2 aromatic rings. The van der Waals surface area contributed by atoms with Crippen LogP contribution in [0.15, 0.2) is 53.4 Å². The SMILES string of the molecule is Cc1ccc([C@H]2CCCN2S(=O)(=O)c2cccc(Cl)c2)cc1. The largest absolute Gasteiger partial charge is 0.243 e. The zero-order valence-corrected chi connectivity index (χ0v) is 13.9. The number of halogens is 1. The maximum Gasteiger partial charge on any atom is 0.243 e. The first-order valence-electron chi connectivity index (χ1n) is 7.32. The average Bonchev–Trinajstić information content (AvgIpc) is 2.98. The third kappa shape index (κ3) is 2.91. The smallest absolute Gasteiger partial charge is 0.207 e. The van der Waals surface area contributed by atoms with Gasteiger partial charge in [0.1, 0.15) is 0 Å². The van der Waals surface area contributed by atoms with Crippen molar-refractivity contribution in [2.75, 3.05) is 6.54 Å². The molecule has 1 heterocycles. The summed E-state index contributed by atoms with van der Waals surface area (Å²) in [6.07, 6.45) is 1.72. The van der Waals surface area contributed by atoms with Gasteiger partial charge in [-0.3, -0.25) is 0 Å². The van der Waals surface area contributed by atoms with E-state index in [9.17, 15) is 8.42 Å². The molecular weight excluding hydrogens is 318 g/mol. The lowest BCUT2D eigenvalue weighted by Crippen LogP contribution is -2.30. The van der Waals surface area contributed by atoms with E-state index < -0.39 is 10.0 Å².